The highest BCUT2D eigenvalue weighted by atomic mass is 35.5. The fourth-order valence-electron chi connectivity index (χ4n) is 4.62. The third kappa shape index (κ3) is 5.97. The molecule has 2 heterocycles. The SMILES string of the molecule is CCOc1cc(/C=c2/sc3n(c2=O)[C@H](c2ccc(Cl)cc2)C(C(=O)N(CC)CC)=C(C)N=3)ccc1OC(C)C. The van der Waals surface area contributed by atoms with E-state index in [1.807, 2.05) is 78.0 Å². The minimum absolute atomic E-state index is 0.00287. The van der Waals surface area contributed by atoms with Crippen molar-refractivity contribution in [3.05, 3.63) is 89.6 Å². The average Bonchev–Trinajstić information content (AvgIpc) is 3.20. The second-order valence-electron chi connectivity index (χ2n) is 9.42. The lowest BCUT2D eigenvalue weighted by atomic mass is 9.94. The molecule has 0 saturated heterocycles. The maximum absolute atomic E-state index is 13.9. The number of halogens is 1. The zero-order chi connectivity index (χ0) is 28.3. The van der Waals surface area contributed by atoms with Gasteiger partial charge in [-0.15, -0.1) is 0 Å². The number of thiazole rings is 1. The molecule has 0 radical (unpaired) electrons. The lowest BCUT2D eigenvalue weighted by Gasteiger charge is -2.29. The van der Waals surface area contributed by atoms with Gasteiger partial charge in [-0.3, -0.25) is 14.2 Å². The molecule has 0 N–H and O–H groups in total. The molecule has 0 aliphatic carbocycles. The van der Waals surface area contributed by atoms with E-state index >= 15 is 0 Å². The molecular weight excluding hydrogens is 534 g/mol. The van der Waals surface area contributed by atoms with Gasteiger partial charge in [0.15, 0.2) is 16.3 Å². The van der Waals surface area contributed by atoms with E-state index in [0.717, 1.165) is 11.1 Å². The molecule has 1 aliphatic heterocycles. The number of benzene rings is 2. The topological polar surface area (TPSA) is 73.1 Å². The van der Waals surface area contributed by atoms with Crippen LogP contribution in [0.1, 0.15) is 58.7 Å². The zero-order valence-electron chi connectivity index (χ0n) is 23.2. The van der Waals surface area contributed by atoms with E-state index in [2.05, 4.69) is 0 Å². The molecule has 1 amide bonds. The molecule has 39 heavy (non-hydrogen) atoms. The third-order valence-electron chi connectivity index (χ3n) is 6.42. The third-order valence-corrected chi connectivity index (χ3v) is 7.65. The summed E-state index contributed by atoms with van der Waals surface area (Å²) in [5.74, 6) is 1.15. The first kappa shape index (κ1) is 28.6. The Morgan fingerprint density at radius 2 is 1.82 bits per heavy atom. The Morgan fingerprint density at radius 1 is 1.13 bits per heavy atom. The lowest BCUT2D eigenvalue weighted by molar-refractivity contribution is -0.127. The number of nitrogens with zero attached hydrogens (tertiary/aromatic N) is 3. The van der Waals surface area contributed by atoms with Crippen LogP contribution in [-0.2, 0) is 4.79 Å². The van der Waals surface area contributed by atoms with E-state index in [1.54, 1.807) is 21.6 Å². The van der Waals surface area contributed by atoms with Gasteiger partial charge in [-0.1, -0.05) is 41.1 Å². The first-order chi connectivity index (χ1) is 18.7. The van der Waals surface area contributed by atoms with Crippen LogP contribution in [0.2, 0.25) is 5.02 Å². The van der Waals surface area contributed by atoms with Crippen LogP contribution in [0, 0.1) is 0 Å². The molecule has 206 valence electrons. The number of carbonyl (C=O) groups excluding carboxylic acids is 1. The van der Waals surface area contributed by atoms with Gasteiger partial charge in [0.05, 0.1) is 34.6 Å². The first-order valence-corrected chi connectivity index (χ1v) is 14.4. The summed E-state index contributed by atoms with van der Waals surface area (Å²) in [7, 11) is 0. The molecule has 0 fully saturated rings. The van der Waals surface area contributed by atoms with Crippen molar-refractivity contribution in [2.24, 2.45) is 4.99 Å². The molecular formula is C30H34ClN3O4S. The average molecular weight is 568 g/mol. The van der Waals surface area contributed by atoms with Crippen molar-refractivity contribution < 1.29 is 14.3 Å². The monoisotopic (exact) mass is 567 g/mol. The van der Waals surface area contributed by atoms with E-state index in [-0.39, 0.29) is 17.6 Å². The molecule has 1 aliphatic rings. The Labute approximate surface area is 237 Å². The van der Waals surface area contributed by atoms with Crippen molar-refractivity contribution in [2.75, 3.05) is 19.7 Å². The van der Waals surface area contributed by atoms with E-state index in [9.17, 15) is 9.59 Å². The van der Waals surface area contributed by atoms with Crippen molar-refractivity contribution >= 4 is 34.9 Å². The van der Waals surface area contributed by atoms with Gasteiger partial charge in [0.1, 0.15) is 0 Å². The van der Waals surface area contributed by atoms with E-state index in [1.165, 1.54) is 11.3 Å². The number of amides is 1. The summed E-state index contributed by atoms with van der Waals surface area (Å²) in [6.07, 6.45) is 1.83. The smallest absolute Gasteiger partial charge is 0.271 e. The number of hydrogen-bond acceptors (Lipinski definition) is 6. The highest BCUT2D eigenvalue weighted by Crippen LogP contribution is 2.32. The van der Waals surface area contributed by atoms with Gasteiger partial charge >= 0.3 is 0 Å². The van der Waals surface area contributed by atoms with Crippen molar-refractivity contribution in [2.45, 2.75) is 53.7 Å². The fourth-order valence-corrected chi connectivity index (χ4v) is 5.79. The van der Waals surface area contributed by atoms with Crippen molar-refractivity contribution in [3.8, 4) is 11.5 Å². The lowest BCUT2D eigenvalue weighted by Crippen LogP contribution is -2.43. The van der Waals surface area contributed by atoms with Gasteiger partial charge in [-0.2, -0.15) is 0 Å². The summed E-state index contributed by atoms with van der Waals surface area (Å²) in [6.45, 7) is 13.2. The second kappa shape index (κ2) is 12.2. The molecule has 7 nitrogen and oxygen atoms in total. The van der Waals surface area contributed by atoms with Crippen LogP contribution < -0.4 is 24.4 Å². The summed E-state index contributed by atoms with van der Waals surface area (Å²) < 4.78 is 13.8. The maximum Gasteiger partial charge on any atom is 0.271 e. The summed E-state index contributed by atoms with van der Waals surface area (Å²) in [6, 6.07) is 12.3. The van der Waals surface area contributed by atoms with Gasteiger partial charge in [-0.05, 0) is 83.0 Å². The number of aromatic nitrogens is 1. The molecule has 1 atom stereocenters. The number of rotatable bonds is 9. The van der Waals surface area contributed by atoms with Crippen LogP contribution in [0.25, 0.3) is 6.08 Å². The summed E-state index contributed by atoms with van der Waals surface area (Å²) in [4.78, 5) is 34.6. The van der Waals surface area contributed by atoms with Crippen LogP contribution in [0.3, 0.4) is 0 Å². The van der Waals surface area contributed by atoms with E-state index < -0.39 is 6.04 Å². The number of ether oxygens (including phenoxy) is 2. The molecule has 0 saturated carbocycles. The predicted molar refractivity (Wildman–Crippen MR) is 157 cm³/mol. The van der Waals surface area contributed by atoms with Crippen molar-refractivity contribution in [1.82, 2.24) is 9.47 Å². The molecule has 2 aromatic carbocycles. The molecule has 4 rings (SSSR count). The quantitative estimate of drug-likeness (QED) is 0.367. The minimum atomic E-state index is -0.616. The molecule has 0 unspecified atom stereocenters. The highest BCUT2D eigenvalue weighted by Gasteiger charge is 2.34. The fraction of sp³-hybridized carbons (Fsp3) is 0.367. The van der Waals surface area contributed by atoms with Crippen LogP contribution in [0.15, 0.2) is 63.5 Å². The molecule has 0 spiro atoms. The van der Waals surface area contributed by atoms with E-state index in [0.29, 0.717) is 56.8 Å². The molecule has 0 bridgehead atoms. The van der Waals surface area contributed by atoms with Crippen LogP contribution in [0.5, 0.6) is 11.5 Å². The normalized spacial score (nSPS) is 15.3. The van der Waals surface area contributed by atoms with Crippen LogP contribution in [0.4, 0.5) is 0 Å². The zero-order valence-corrected chi connectivity index (χ0v) is 24.7. The highest BCUT2D eigenvalue weighted by molar-refractivity contribution is 7.07. The number of fused-ring (bicyclic) bond motifs is 1. The predicted octanol–water partition coefficient (Wildman–Crippen LogP) is 4.94. The minimum Gasteiger partial charge on any atom is -0.490 e. The molecule has 1 aromatic heterocycles. The number of likely N-dealkylation sites (N-methyl/N-ethyl adjacent to an activating group) is 1. The van der Waals surface area contributed by atoms with Crippen molar-refractivity contribution in [1.29, 1.82) is 0 Å². The molecule has 9 heteroatoms. The van der Waals surface area contributed by atoms with Gasteiger partial charge < -0.3 is 14.4 Å². The Morgan fingerprint density at radius 3 is 2.44 bits per heavy atom. The summed E-state index contributed by atoms with van der Waals surface area (Å²) in [5.41, 5.74) is 2.49. The number of allylic oxidation sites excluding steroid dienone is 1. The van der Waals surface area contributed by atoms with Gasteiger partial charge in [0, 0.05) is 18.1 Å². The Kier molecular flexibility index (Phi) is 8.97. The Bertz CT molecular complexity index is 1570. The summed E-state index contributed by atoms with van der Waals surface area (Å²) in [5, 5.41) is 0.582. The van der Waals surface area contributed by atoms with Gasteiger partial charge in [-0.25, -0.2) is 4.99 Å². The maximum atomic E-state index is 13.9. The Hall–Kier alpha value is -3.36. The van der Waals surface area contributed by atoms with Crippen molar-refractivity contribution in [3.63, 3.8) is 0 Å². The number of carbonyl (C=O) groups is 1. The number of hydrogen-bond donors (Lipinski definition) is 0. The molecule has 3 aromatic rings. The largest absolute Gasteiger partial charge is 0.490 e. The Balaban J connectivity index is 1.89. The second-order valence-corrected chi connectivity index (χ2v) is 10.9. The van der Waals surface area contributed by atoms with Crippen LogP contribution in [-0.4, -0.2) is 41.2 Å². The standard InChI is InChI=1S/C30H34ClN3O4S/c1-7-33(8-2)29(36)26-19(6)32-30-34(27(26)21-11-13-22(31)14-12-21)28(35)25(39-30)17-20-10-15-23(38-18(4)5)24(16-20)37-9-3/h10-18,27H,7-9H2,1-6H3/b25-17+/t27-/m1/s1. The first-order valence-electron chi connectivity index (χ1n) is 13.2. The van der Waals surface area contributed by atoms with E-state index in [4.69, 9.17) is 26.1 Å². The summed E-state index contributed by atoms with van der Waals surface area (Å²) >= 11 is 7.48. The van der Waals surface area contributed by atoms with Gasteiger partial charge in [0.25, 0.3) is 11.5 Å². The van der Waals surface area contributed by atoms with Gasteiger partial charge in [0.2, 0.25) is 0 Å². The van der Waals surface area contributed by atoms with Crippen LogP contribution >= 0.6 is 22.9 Å².